The minimum Gasteiger partial charge on any atom is -0.0699 e. The molecule has 0 heterocycles. The quantitative estimate of drug-likeness (QED) is 0.637. The van der Waals surface area contributed by atoms with Crippen molar-refractivity contribution in [2.24, 2.45) is 11.8 Å². The molecule has 1 aromatic carbocycles. The van der Waals surface area contributed by atoms with Crippen LogP contribution in [-0.4, -0.2) is 0 Å². The van der Waals surface area contributed by atoms with Crippen LogP contribution in [0.5, 0.6) is 0 Å². The molecule has 2 rings (SSSR count). The largest absolute Gasteiger partial charge is 0.0699 e. The summed E-state index contributed by atoms with van der Waals surface area (Å²) in [6, 6.07) is 6.80. The Morgan fingerprint density at radius 3 is 2.18 bits per heavy atom. The maximum absolute atomic E-state index is 2.34. The van der Waals surface area contributed by atoms with Crippen LogP contribution in [0.2, 0.25) is 0 Å². The highest BCUT2D eigenvalue weighted by Gasteiger charge is 2.21. The monoisotopic (exact) mass is 226 g/mol. The number of rotatable bonds is 1. The second kappa shape index (κ2) is 4.52. The molecule has 0 aromatic heterocycles. The van der Waals surface area contributed by atoms with E-state index in [0.29, 0.717) is 11.8 Å². The predicted molar refractivity (Wildman–Crippen MR) is 76.0 cm³/mol. The SMILES string of the molecule is CC1=CC=C(c2ccc(C)c(C)c2)C(C)C1C. The van der Waals surface area contributed by atoms with Crippen molar-refractivity contribution < 1.29 is 0 Å². The lowest BCUT2D eigenvalue weighted by atomic mass is 9.77. The molecule has 0 nitrogen and oxygen atoms in total. The Morgan fingerprint density at radius 1 is 0.824 bits per heavy atom. The topological polar surface area (TPSA) is 0 Å². The predicted octanol–water partition coefficient (Wildman–Crippen LogP) is 4.92. The van der Waals surface area contributed by atoms with Gasteiger partial charge in [0.1, 0.15) is 0 Å². The lowest BCUT2D eigenvalue weighted by Gasteiger charge is -2.27. The molecule has 0 saturated heterocycles. The smallest absolute Gasteiger partial charge is 0.0121 e. The van der Waals surface area contributed by atoms with Crippen molar-refractivity contribution in [2.75, 3.05) is 0 Å². The first-order valence-corrected chi connectivity index (χ1v) is 6.46. The number of hydrogen-bond acceptors (Lipinski definition) is 0. The van der Waals surface area contributed by atoms with Crippen molar-refractivity contribution >= 4 is 5.57 Å². The molecular formula is C17H22. The standard InChI is InChI=1S/C17H22/c1-11-6-8-16(10-13(11)3)17-9-7-12(2)14(4)15(17)5/h6-10,14-15H,1-5H3. The summed E-state index contributed by atoms with van der Waals surface area (Å²) >= 11 is 0. The minimum absolute atomic E-state index is 0.613. The molecular weight excluding hydrogens is 204 g/mol. The van der Waals surface area contributed by atoms with Gasteiger partial charge in [-0.1, -0.05) is 49.8 Å². The van der Waals surface area contributed by atoms with E-state index in [-0.39, 0.29) is 0 Å². The van der Waals surface area contributed by atoms with E-state index in [1.54, 1.807) is 0 Å². The summed E-state index contributed by atoms with van der Waals surface area (Å²) in [6.45, 7) is 11.3. The number of benzene rings is 1. The lowest BCUT2D eigenvalue weighted by molar-refractivity contribution is 0.538. The maximum atomic E-state index is 2.34. The van der Waals surface area contributed by atoms with Gasteiger partial charge in [0, 0.05) is 0 Å². The third-order valence-electron chi connectivity index (χ3n) is 4.32. The summed E-state index contributed by atoms with van der Waals surface area (Å²) in [5, 5.41) is 0. The van der Waals surface area contributed by atoms with Crippen LogP contribution >= 0.6 is 0 Å². The second-order valence-corrected chi connectivity index (χ2v) is 5.41. The van der Waals surface area contributed by atoms with Crippen molar-refractivity contribution in [2.45, 2.75) is 34.6 Å². The number of aryl methyl sites for hydroxylation is 2. The maximum Gasteiger partial charge on any atom is -0.0121 e. The van der Waals surface area contributed by atoms with Crippen molar-refractivity contribution in [1.29, 1.82) is 0 Å². The van der Waals surface area contributed by atoms with E-state index >= 15 is 0 Å². The Labute approximate surface area is 105 Å². The molecule has 1 aromatic rings. The molecule has 0 amide bonds. The Bertz CT molecular complexity index is 489. The molecule has 0 N–H and O–H groups in total. The van der Waals surface area contributed by atoms with Crippen LogP contribution in [0.1, 0.15) is 37.5 Å². The van der Waals surface area contributed by atoms with Crippen LogP contribution in [-0.2, 0) is 0 Å². The Hall–Kier alpha value is -1.30. The van der Waals surface area contributed by atoms with Gasteiger partial charge in [-0.25, -0.2) is 0 Å². The van der Waals surface area contributed by atoms with E-state index in [9.17, 15) is 0 Å². The van der Waals surface area contributed by atoms with Gasteiger partial charge in [-0.2, -0.15) is 0 Å². The van der Waals surface area contributed by atoms with Crippen molar-refractivity contribution in [3.8, 4) is 0 Å². The molecule has 0 radical (unpaired) electrons. The Kier molecular flexibility index (Phi) is 3.24. The average Bonchev–Trinajstić information content (AvgIpc) is 2.30. The zero-order chi connectivity index (χ0) is 12.6. The van der Waals surface area contributed by atoms with Crippen LogP contribution in [0.3, 0.4) is 0 Å². The third kappa shape index (κ3) is 2.22. The molecule has 0 spiro atoms. The highest BCUT2D eigenvalue weighted by atomic mass is 14.3. The van der Waals surface area contributed by atoms with Crippen LogP contribution in [0.4, 0.5) is 0 Å². The molecule has 0 saturated carbocycles. The highest BCUT2D eigenvalue weighted by molar-refractivity contribution is 5.71. The number of hydrogen-bond donors (Lipinski definition) is 0. The van der Waals surface area contributed by atoms with Gasteiger partial charge in [0.15, 0.2) is 0 Å². The molecule has 2 atom stereocenters. The molecule has 1 aliphatic carbocycles. The zero-order valence-corrected chi connectivity index (χ0v) is 11.5. The van der Waals surface area contributed by atoms with Crippen molar-refractivity contribution in [3.05, 3.63) is 52.6 Å². The van der Waals surface area contributed by atoms with E-state index in [4.69, 9.17) is 0 Å². The summed E-state index contributed by atoms with van der Waals surface area (Å²) in [5.41, 5.74) is 7.11. The summed E-state index contributed by atoms with van der Waals surface area (Å²) in [5.74, 6) is 1.26. The molecule has 0 bridgehead atoms. The van der Waals surface area contributed by atoms with E-state index in [0.717, 1.165) is 0 Å². The zero-order valence-electron chi connectivity index (χ0n) is 11.5. The molecule has 0 heteroatoms. The third-order valence-corrected chi connectivity index (χ3v) is 4.32. The molecule has 1 aliphatic rings. The molecule has 2 unspecified atom stereocenters. The fourth-order valence-corrected chi connectivity index (χ4v) is 2.47. The van der Waals surface area contributed by atoms with Crippen molar-refractivity contribution in [3.63, 3.8) is 0 Å². The van der Waals surface area contributed by atoms with E-state index in [1.807, 2.05) is 0 Å². The van der Waals surface area contributed by atoms with Gasteiger partial charge in [-0.15, -0.1) is 0 Å². The normalized spacial score (nSPS) is 24.3. The van der Waals surface area contributed by atoms with Gasteiger partial charge >= 0.3 is 0 Å². The average molecular weight is 226 g/mol. The Balaban J connectivity index is 2.43. The first kappa shape index (κ1) is 12.2. The first-order valence-electron chi connectivity index (χ1n) is 6.46. The van der Waals surface area contributed by atoms with E-state index < -0.39 is 0 Å². The molecule has 0 aliphatic heterocycles. The van der Waals surface area contributed by atoms with Gasteiger partial charge in [0.25, 0.3) is 0 Å². The van der Waals surface area contributed by atoms with Crippen molar-refractivity contribution in [1.82, 2.24) is 0 Å². The van der Waals surface area contributed by atoms with Crippen LogP contribution in [0.15, 0.2) is 35.9 Å². The molecule has 0 fully saturated rings. The summed E-state index contributed by atoms with van der Waals surface area (Å²) in [4.78, 5) is 0. The van der Waals surface area contributed by atoms with Gasteiger partial charge in [0.2, 0.25) is 0 Å². The lowest BCUT2D eigenvalue weighted by Crippen LogP contribution is -2.14. The van der Waals surface area contributed by atoms with Gasteiger partial charge in [0.05, 0.1) is 0 Å². The van der Waals surface area contributed by atoms with Crippen LogP contribution in [0.25, 0.3) is 5.57 Å². The Morgan fingerprint density at radius 2 is 1.53 bits per heavy atom. The summed E-state index contributed by atoms with van der Waals surface area (Å²) in [6.07, 6.45) is 4.57. The first-order chi connectivity index (χ1) is 8.00. The molecule has 90 valence electrons. The fourth-order valence-electron chi connectivity index (χ4n) is 2.47. The second-order valence-electron chi connectivity index (χ2n) is 5.41. The summed E-state index contributed by atoms with van der Waals surface area (Å²) < 4.78 is 0. The van der Waals surface area contributed by atoms with Crippen LogP contribution < -0.4 is 0 Å². The molecule has 17 heavy (non-hydrogen) atoms. The number of allylic oxidation sites excluding steroid dienone is 4. The minimum atomic E-state index is 0.613. The van der Waals surface area contributed by atoms with E-state index in [1.165, 1.54) is 27.8 Å². The van der Waals surface area contributed by atoms with E-state index in [2.05, 4.69) is 65.0 Å². The van der Waals surface area contributed by atoms with Gasteiger partial charge < -0.3 is 0 Å². The fraction of sp³-hybridized carbons (Fsp3) is 0.412. The highest BCUT2D eigenvalue weighted by Crippen LogP contribution is 2.36. The van der Waals surface area contributed by atoms with Crippen LogP contribution in [0, 0.1) is 25.7 Å². The van der Waals surface area contributed by atoms with Gasteiger partial charge in [-0.3, -0.25) is 0 Å². The van der Waals surface area contributed by atoms with Gasteiger partial charge in [-0.05, 0) is 54.9 Å². The summed E-state index contributed by atoms with van der Waals surface area (Å²) in [7, 11) is 0.